The number of hydrogen-bond acceptors (Lipinski definition) is 5. The summed E-state index contributed by atoms with van der Waals surface area (Å²) < 4.78 is 0.551. The van der Waals surface area contributed by atoms with Gasteiger partial charge in [0.05, 0.1) is 4.91 Å². The van der Waals surface area contributed by atoms with E-state index in [-0.39, 0.29) is 17.4 Å². The standard InChI is InChI=1S/C21H24N2O2S3/c24-18(22-21-10-13-6-14(11-21)8-15(7-13)12-21)3-4-23-19(25)17(28-20(23)26)9-16-2-1-5-27-16/h1-2,5,9,13-15H,3-4,6-8,10-12H2,(H,22,24). The Morgan fingerprint density at radius 3 is 2.54 bits per heavy atom. The molecule has 5 fully saturated rings. The second-order valence-corrected chi connectivity index (χ2v) is 11.5. The van der Waals surface area contributed by atoms with Crippen LogP contribution in [0.15, 0.2) is 22.4 Å². The summed E-state index contributed by atoms with van der Waals surface area (Å²) in [5.74, 6) is 2.41. The van der Waals surface area contributed by atoms with Gasteiger partial charge < -0.3 is 5.32 Å². The van der Waals surface area contributed by atoms with Crippen molar-refractivity contribution in [2.45, 2.75) is 50.5 Å². The summed E-state index contributed by atoms with van der Waals surface area (Å²) >= 11 is 8.32. The van der Waals surface area contributed by atoms with E-state index in [0.717, 1.165) is 41.9 Å². The normalized spacial score (nSPS) is 35.2. The average Bonchev–Trinajstić information content (AvgIpc) is 3.21. The number of nitrogens with one attached hydrogen (secondary N) is 1. The van der Waals surface area contributed by atoms with Crippen LogP contribution < -0.4 is 5.32 Å². The van der Waals surface area contributed by atoms with Crippen LogP contribution in [0.2, 0.25) is 0 Å². The fraction of sp³-hybridized carbons (Fsp3) is 0.571. The van der Waals surface area contributed by atoms with E-state index in [0.29, 0.717) is 22.2 Å². The van der Waals surface area contributed by atoms with E-state index in [1.54, 1.807) is 16.2 Å². The molecule has 4 bridgehead atoms. The lowest BCUT2D eigenvalue weighted by atomic mass is 9.53. The highest BCUT2D eigenvalue weighted by Crippen LogP contribution is 2.55. The predicted octanol–water partition coefficient (Wildman–Crippen LogP) is 4.42. The van der Waals surface area contributed by atoms with E-state index in [4.69, 9.17) is 12.2 Å². The van der Waals surface area contributed by atoms with Crippen LogP contribution >= 0.6 is 35.3 Å². The van der Waals surface area contributed by atoms with Crippen molar-refractivity contribution < 1.29 is 9.59 Å². The van der Waals surface area contributed by atoms with Crippen molar-refractivity contribution in [2.75, 3.05) is 6.54 Å². The molecule has 0 atom stereocenters. The first kappa shape index (κ1) is 18.8. The molecule has 1 N–H and O–H groups in total. The third-order valence-electron chi connectivity index (χ3n) is 6.70. The Morgan fingerprint density at radius 2 is 1.93 bits per heavy atom. The van der Waals surface area contributed by atoms with E-state index in [2.05, 4.69) is 5.32 Å². The molecule has 1 aromatic rings. The van der Waals surface area contributed by atoms with Gasteiger partial charge in [-0.15, -0.1) is 11.3 Å². The Kier molecular flexibility index (Phi) is 4.88. The van der Waals surface area contributed by atoms with Gasteiger partial charge in [0.25, 0.3) is 5.91 Å². The molecule has 0 unspecified atom stereocenters. The minimum absolute atomic E-state index is 0.0281. The number of hydrogen-bond donors (Lipinski definition) is 1. The molecular weight excluding hydrogens is 408 g/mol. The second kappa shape index (κ2) is 7.26. The first-order valence-electron chi connectivity index (χ1n) is 10.1. The van der Waals surface area contributed by atoms with Gasteiger partial charge in [0.1, 0.15) is 4.32 Å². The van der Waals surface area contributed by atoms with Gasteiger partial charge in [0, 0.05) is 23.4 Å². The number of nitrogens with zero attached hydrogens (tertiary/aromatic N) is 1. The van der Waals surface area contributed by atoms with Gasteiger partial charge >= 0.3 is 0 Å². The molecule has 5 aliphatic rings. The van der Waals surface area contributed by atoms with Crippen LogP contribution in [0.25, 0.3) is 6.08 Å². The van der Waals surface area contributed by atoms with Crippen LogP contribution in [0.3, 0.4) is 0 Å². The number of thioether (sulfide) groups is 1. The van der Waals surface area contributed by atoms with Gasteiger partial charge in [0.2, 0.25) is 5.91 Å². The molecule has 0 radical (unpaired) electrons. The fourth-order valence-corrected chi connectivity index (χ4v) is 8.06. The maximum atomic E-state index is 12.7. The summed E-state index contributed by atoms with van der Waals surface area (Å²) in [4.78, 5) is 28.7. The van der Waals surface area contributed by atoms with E-state index in [1.165, 1.54) is 31.0 Å². The first-order valence-corrected chi connectivity index (χ1v) is 12.2. The van der Waals surface area contributed by atoms with Gasteiger partial charge in [-0.25, -0.2) is 0 Å². The van der Waals surface area contributed by atoms with Crippen LogP contribution in [-0.2, 0) is 9.59 Å². The highest BCUT2D eigenvalue weighted by atomic mass is 32.2. The molecule has 148 valence electrons. The van der Waals surface area contributed by atoms with Crippen molar-refractivity contribution in [1.29, 1.82) is 0 Å². The minimum atomic E-state index is -0.0778. The minimum Gasteiger partial charge on any atom is -0.351 e. The Balaban J connectivity index is 1.19. The molecule has 0 spiro atoms. The monoisotopic (exact) mass is 432 g/mol. The van der Waals surface area contributed by atoms with Crippen molar-refractivity contribution in [3.63, 3.8) is 0 Å². The first-order chi connectivity index (χ1) is 13.5. The summed E-state index contributed by atoms with van der Waals surface area (Å²) in [6, 6.07) is 3.95. The lowest BCUT2D eigenvalue weighted by Crippen LogP contribution is -2.60. The van der Waals surface area contributed by atoms with Gasteiger partial charge in [0.15, 0.2) is 0 Å². The zero-order valence-corrected chi connectivity index (χ0v) is 18.1. The number of carbonyl (C=O) groups is 2. The van der Waals surface area contributed by atoms with Crippen LogP contribution in [-0.4, -0.2) is 33.1 Å². The van der Waals surface area contributed by atoms with Crippen molar-refractivity contribution in [2.24, 2.45) is 17.8 Å². The molecule has 1 saturated heterocycles. The van der Waals surface area contributed by atoms with Gasteiger partial charge in [-0.2, -0.15) is 0 Å². The molecule has 4 aliphatic carbocycles. The largest absolute Gasteiger partial charge is 0.351 e. The number of amides is 2. The fourth-order valence-electron chi connectivity index (χ4n) is 6.03. The topological polar surface area (TPSA) is 49.4 Å². The third-order valence-corrected chi connectivity index (χ3v) is 8.89. The quantitative estimate of drug-likeness (QED) is 0.553. The zero-order valence-electron chi connectivity index (χ0n) is 15.7. The molecule has 2 heterocycles. The maximum Gasteiger partial charge on any atom is 0.266 e. The highest BCUT2D eigenvalue weighted by Gasteiger charge is 2.51. The zero-order chi connectivity index (χ0) is 19.3. The Hall–Kier alpha value is -1.18. The highest BCUT2D eigenvalue weighted by molar-refractivity contribution is 8.26. The molecule has 6 rings (SSSR count). The summed E-state index contributed by atoms with van der Waals surface area (Å²) in [6.45, 7) is 0.366. The molecule has 0 aromatic carbocycles. The van der Waals surface area contributed by atoms with Gasteiger partial charge in [-0.1, -0.05) is 30.0 Å². The Bertz CT molecular complexity index is 811. The molecule has 28 heavy (non-hydrogen) atoms. The summed E-state index contributed by atoms with van der Waals surface area (Å²) in [5.41, 5.74) is 0.0281. The SMILES string of the molecule is O=C(CCN1C(=O)C(=Cc2cccs2)SC1=S)NC12CC3CC(CC(C3)C1)C2. The lowest BCUT2D eigenvalue weighted by molar-refractivity contribution is -0.127. The van der Waals surface area contributed by atoms with Crippen molar-refractivity contribution in [1.82, 2.24) is 10.2 Å². The van der Waals surface area contributed by atoms with Crippen molar-refractivity contribution in [3.05, 3.63) is 27.3 Å². The van der Waals surface area contributed by atoms with E-state index in [9.17, 15) is 9.59 Å². The number of carbonyl (C=O) groups excluding carboxylic acids is 2. The molecule has 7 heteroatoms. The van der Waals surface area contributed by atoms with Crippen LogP contribution in [0, 0.1) is 17.8 Å². The summed E-state index contributed by atoms with van der Waals surface area (Å²) in [6.07, 6.45) is 9.74. The summed E-state index contributed by atoms with van der Waals surface area (Å²) in [5, 5.41) is 5.37. The maximum absolute atomic E-state index is 12.7. The van der Waals surface area contributed by atoms with Crippen LogP contribution in [0.4, 0.5) is 0 Å². The second-order valence-electron chi connectivity index (χ2n) is 8.84. The van der Waals surface area contributed by atoms with E-state index < -0.39 is 0 Å². The number of thiophene rings is 1. The molecule has 2 amide bonds. The average molecular weight is 433 g/mol. The third kappa shape index (κ3) is 3.57. The Labute approximate surface area is 179 Å². The molecule has 4 nitrogen and oxygen atoms in total. The van der Waals surface area contributed by atoms with Crippen LogP contribution in [0.5, 0.6) is 0 Å². The molecule has 4 saturated carbocycles. The van der Waals surface area contributed by atoms with Gasteiger partial charge in [-0.05, 0) is 73.8 Å². The molecular formula is C21H24N2O2S3. The summed E-state index contributed by atoms with van der Waals surface area (Å²) in [7, 11) is 0. The predicted molar refractivity (Wildman–Crippen MR) is 118 cm³/mol. The molecule has 1 aromatic heterocycles. The number of thiocarbonyl (C=S) groups is 1. The molecule has 1 aliphatic heterocycles. The van der Waals surface area contributed by atoms with Crippen molar-refractivity contribution >= 4 is 57.5 Å². The van der Waals surface area contributed by atoms with Crippen LogP contribution in [0.1, 0.15) is 49.8 Å². The number of rotatable bonds is 5. The van der Waals surface area contributed by atoms with E-state index in [1.807, 2.05) is 23.6 Å². The van der Waals surface area contributed by atoms with E-state index >= 15 is 0 Å². The smallest absolute Gasteiger partial charge is 0.266 e. The Morgan fingerprint density at radius 1 is 1.25 bits per heavy atom. The van der Waals surface area contributed by atoms with Crippen molar-refractivity contribution in [3.8, 4) is 0 Å². The van der Waals surface area contributed by atoms with Gasteiger partial charge in [-0.3, -0.25) is 14.5 Å². The lowest BCUT2D eigenvalue weighted by Gasteiger charge is -2.57.